The van der Waals surface area contributed by atoms with Gasteiger partial charge in [0.2, 0.25) is 16.0 Å². The fraction of sp³-hybridized carbons (Fsp3) is 0.519. The topological polar surface area (TPSA) is 128 Å². The van der Waals surface area contributed by atoms with E-state index in [1.165, 1.54) is 12.1 Å². The van der Waals surface area contributed by atoms with Gasteiger partial charge in [0.05, 0.1) is 29.3 Å². The summed E-state index contributed by atoms with van der Waals surface area (Å²) in [4.78, 5) is 25.7. The zero-order chi connectivity index (χ0) is 29.6. The van der Waals surface area contributed by atoms with Crippen molar-refractivity contribution in [3.05, 3.63) is 47.4 Å². The molecule has 41 heavy (non-hydrogen) atoms. The summed E-state index contributed by atoms with van der Waals surface area (Å²) in [6.07, 6.45) is 4.31. The minimum absolute atomic E-state index is 0.0189. The van der Waals surface area contributed by atoms with Crippen molar-refractivity contribution in [1.29, 1.82) is 0 Å². The number of fused-ring (bicyclic) bond motifs is 1. The maximum Gasteiger partial charge on any atom is 0.261 e. The van der Waals surface area contributed by atoms with Crippen LogP contribution in [0.4, 0.5) is 36.3 Å². The molecular weight excluding hydrogens is 561 g/mol. The van der Waals surface area contributed by atoms with Crippen molar-refractivity contribution in [2.24, 2.45) is 11.3 Å². The number of sulfonamides is 1. The van der Waals surface area contributed by atoms with Crippen molar-refractivity contribution in [3.8, 4) is 0 Å². The number of halogens is 3. The van der Waals surface area contributed by atoms with Gasteiger partial charge in [-0.2, -0.15) is 4.98 Å². The summed E-state index contributed by atoms with van der Waals surface area (Å²) < 4.78 is 69.8. The second kappa shape index (κ2) is 10.8. The van der Waals surface area contributed by atoms with Gasteiger partial charge in [0, 0.05) is 56.7 Å². The summed E-state index contributed by atoms with van der Waals surface area (Å²) in [5, 5.41) is 11.7. The number of aromatic nitrogens is 2. The standard InChI is InChI=1S/C27H33F3N6O4S/c1-17-13-22(33-25(31-17)35-9-6-27(29,30)7-10-35)32-24(38)23-20(28)14-19(34-41(39,40)12-11-37)15-21(23)36-8-5-26(2)4-3-18(26)16-36/h3-4,13-15,18,34,37H,5-12,16H2,1-2H3,(H,31,32,33,38)/t18-,26+/m1/s1. The zero-order valence-electron chi connectivity index (χ0n) is 22.8. The number of aliphatic hydroxyl groups excluding tert-OH is 1. The first-order chi connectivity index (χ1) is 19.3. The van der Waals surface area contributed by atoms with E-state index >= 15 is 4.39 Å². The summed E-state index contributed by atoms with van der Waals surface area (Å²) in [6.45, 7) is 4.34. The highest BCUT2D eigenvalue weighted by Gasteiger charge is 2.42. The molecule has 0 unspecified atom stereocenters. The van der Waals surface area contributed by atoms with Gasteiger partial charge in [-0.1, -0.05) is 19.1 Å². The minimum atomic E-state index is -3.94. The summed E-state index contributed by atoms with van der Waals surface area (Å²) in [6, 6.07) is 3.85. The molecule has 3 heterocycles. The molecule has 0 saturated carbocycles. The number of carbonyl (C=O) groups excluding carboxylic acids is 1. The second-order valence-corrected chi connectivity index (χ2v) is 13.0. The molecule has 2 atom stereocenters. The SMILES string of the molecule is Cc1cc(NC(=O)c2c(F)cc(NS(=O)(=O)CCO)cc2N2CC[C@]3(C)C=C[C@@H]3C2)nc(N2CCC(F)(F)CC2)n1. The second-order valence-electron chi connectivity index (χ2n) is 11.2. The smallest absolute Gasteiger partial charge is 0.261 e. The van der Waals surface area contributed by atoms with Crippen LogP contribution in [0.15, 0.2) is 30.4 Å². The van der Waals surface area contributed by atoms with Crippen LogP contribution < -0.4 is 19.8 Å². The summed E-state index contributed by atoms with van der Waals surface area (Å²) in [5.41, 5.74) is 0.379. The highest BCUT2D eigenvalue weighted by atomic mass is 32.2. The number of benzene rings is 1. The highest BCUT2D eigenvalue weighted by molar-refractivity contribution is 7.92. The third-order valence-electron chi connectivity index (χ3n) is 8.03. The Morgan fingerprint density at radius 3 is 2.46 bits per heavy atom. The van der Waals surface area contributed by atoms with E-state index in [2.05, 4.69) is 39.1 Å². The van der Waals surface area contributed by atoms with Crippen LogP contribution in [0.3, 0.4) is 0 Å². The van der Waals surface area contributed by atoms with E-state index in [1.54, 1.807) is 11.8 Å². The van der Waals surface area contributed by atoms with Crippen LogP contribution in [0.25, 0.3) is 0 Å². The number of rotatable bonds is 8. The fourth-order valence-electron chi connectivity index (χ4n) is 5.47. The molecule has 2 aliphatic heterocycles. The van der Waals surface area contributed by atoms with Crippen LogP contribution in [0, 0.1) is 24.1 Å². The summed E-state index contributed by atoms with van der Waals surface area (Å²) in [5.74, 6) is -4.58. The average molecular weight is 595 g/mol. The molecule has 2 fully saturated rings. The van der Waals surface area contributed by atoms with Crippen LogP contribution in [-0.4, -0.2) is 73.9 Å². The Labute approximate surface area is 236 Å². The molecule has 3 aliphatic rings. The first kappa shape index (κ1) is 29.1. The lowest BCUT2D eigenvalue weighted by atomic mass is 9.64. The van der Waals surface area contributed by atoms with Crippen LogP contribution in [0.1, 0.15) is 42.2 Å². The van der Waals surface area contributed by atoms with Crippen molar-refractivity contribution in [2.75, 3.05) is 58.4 Å². The van der Waals surface area contributed by atoms with Gasteiger partial charge < -0.3 is 20.2 Å². The van der Waals surface area contributed by atoms with Gasteiger partial charge in [0.1, 0.15) is 11.6 Å². The molecule has 0 radical (unpaired) electrons. The van der Waals surface area contributed by atoms with Crippen LogP contribution in [0.2, 0.25) is 0 Å². The number of aryl methyl sites for hydroxylation is 1. The monoisotopic (exact) mass is 594 g/mol. The number of aliphatic hydroxyl groups is 1. The maximum atomic E-state index is 15.7. The predicted molar refractivity (Wildman–Crippen MR) is 150 cm³/mol. The molecule has 0 spiro atoms. The van der Waals surface area contributed by atoms with Gasteiger partial charge in [-0.15, -0.1) is 0 Å². The Kier molecular flexibility index (Phi) is 7.66. The molecule has 5 rings (SSSR count). The third kappa shape index (κ3) is 6.27. The number of anilines is 4. The number of carbonyl (C=O) groups is 1. The number of piperidine rings is 2. The molecule has 1 amide bonds. The number of nitrogens with one attached hydrogen (secondary N) is 2. The van der Waals surface area contributed by atoms with Gasteiger partial charge in [-0.05, 0) is 30.9 Å². The number of amides is 1. The maximum absolute atomic E-state index is 15.7. The van der Waals surface area contributed by atoms with Crippen LogP contribution >= 0.6 is 0 Å². The van der Waals surface area contributed by atoms with Crippen molar-refractivity contribution < 1.29 is 31.5 Å². The van der Waals surface area contributed by atoms with Gasteiger partial charge in [-0.25, -0.2) is 26.6 Å². The van der Waals surface area contributed by atoms with Crippen LogP contribution in [0.5, 0.6) is 0 Å². The van der Waals surface area contributed by atoms with Crippen molar-refractivity contribution >= 4 is 39.1 Å². The van der Waals surface area contributed by atoms with Gasteiger partial charge in [0.15, 0.2) is 0 Å². The van der Waals surface area contributed by atoms with Crippen molar-refractivity contribution in [1.82, 2.24) is 9.97 Å². The number of nitrogens with zero attached hydrogens (tertiary/aromatic N) is 4. The van der Waals surface area contributed by atoms with Gasteiger partial charge in [0.25, 0.3) is 11.8 Å². The Morgan fingerprint density at radius 2 is 1.83 bits per heavy atom. The quantitative estimate of drug-likeness (QED) is 0.396. The largest absolute Gasteiger partial charge is 0.395 e. The van der Waals surface area contributed by atoms with Crippen molar-refractivity contribution in [2.45, 2.75) is 39.0 Å². The number of hydrogen-bond acceptors (Lipinski definition) is 8. The average Bonchev–Trinajstić information content (AvgIpc) is 2.86. The van der Waals surface area contributed by atoms with Crippen molar-refractivity contribution in [3.63, 3.8) is 0 Å². The molecule has 222 valence electrons. The normalized spacial score (nSPS) is 23.5. The molecule has 2 saturated heterocycles. The molecule has 1 aromatic carbocycles. The highest BCUT2D eigenvalue weighted by Crippen LogP contribution is 2.47. The van der Waals surface area contributed by atoms with E-state index < -0.39 is 40.0 Å². The van der Waals surface area contributed by atoms with E-state index in [-0.39, 0.29) is 66.0 Å². The Hall–Kier alpha value is -3.39. The number of allylic oxidation sites excluding steroid dienone is 1. The Bertz CT molecular complexity index is 1480. The fourth-order valence-corrected chi connectivity index (χ4v) is 6.29. The Balaban J connectivity index is 1.45. The lowest BCUT2D eigenvalue weighted by Crippen LogP contribution is -2.48. The lowest BCUT2D eigenvalue weighted by Gasteiger charge is -2.49. The molecule has 1 aromatic heterocycles. The van der Waals surface area contributed by atoms with Gasteiger partial charge >= 0.3 is 0 Å². The molecule has 3 N–H and O–H groups in total. The minimum Gasteiger partial charge on any atom is -0.395 e. The summed E-state index contributed by atoms with van der Waals surface area (Å²) >= 11 is 0. The first-order valence-electron chi connectivity index (χ1n) is 13.5. The van der Waals surface area contributed by atoms with E-state index in [0.717, 1.165) is 12.5 Å². The lowest BCUT2D eigenvalue weighted by molar-refractivity contribution is -0.0222. The van der Waals surface area contributed by atoms with E-state index in [0.29, 0.717) is 18.8 Å². The van der Waals surface area contributed by atoms with E-state index in [9.17, 15) is 22.0 Å². The molecule has 14 heteroatoms. The predicted octanol–water partition coefficient (Wildman–Crippen LogP) is 3.55. The number of hydrogen-bond donors (Lipinski definition) is 3. The van der Waals surface area contributed by atoms with E-state index in [4.69, 9.17) is 5.11 Å². The van der Waals surface area contributed by atoms with Crippen LogP contribution in [-0.2, 0) is 10.0 Å². The molecule has 0 bridgehead atoms. The first-order valence-corrected chi connectivity index (χ1v) is 15.1. The Morgan fingerprint density at radius 1 is 1.12 bits per heavy atom. The molecule has 1 aliphatic carbocycles. The third-order valence-corrected chi connectivity index (χ3v) is 9.29. The van der Waals surface area contributed by atoms with Gasteiger partial charge in [-0.3, -0.25) is 9.52 Å². The molecule has 2 aromatic rings. The molecule has 10 nitrogen and oxygen atoms in total. The number of alkyl halides is 2. The zero-order valence-corrected chi connectivity index (χ0v) is 23.6. The van der Waals surface area contributed by atoms with E-state index in [1.807, 2.05) is 4.90 Å². The summed E-state index contributed by atoms with van der Waals surface area (Å²) in [7, 11) is -3.94. The molecular formula is C27H33F3N6O4S.